The Morgan fingerprint density at radius 2 is 2.00 bits per heavy atom. The number of hydrogen-bond donors (Lipinski definition) is 2. The van der Waals surface area contributed by atoms with E-state index in [9.17, 15) is 9.50 Å². The van der Waals surface area contributed by atoms with E-state index in [1.165, 1.54) is 6.07 Å². The molecular weight excluding hydrogens is 219 g/mol. The van der Waals surface area contributed by atoms with Gasteiger partial charge in [-0.3, -0.25) is 4.90 Å². The molecule has 0 radical (unpaired) electrons. The van der Waals surface area contributed by atoms with Crippen LogP contribution in [0.4, 0.5) is 4.39 Å². The van der Waals surface area contributed by atoms with Crippen molar-refractivity contribution in [1.82, 2.24) is 4.90 Å². The first kappa shape index (κ1) is 12.5. The minimum Gasteiger partial charge on any atom is -0.393 e. The van der Waals surface area contributed by atoms with Gasteiger partial charge in [0.1, 0.15) is 5.82 Å². The highest BCUT2D eigenvalue weighted by Gasteiger charge is 2.25. The molecule has 1 aliphatic heterocycles. The fourth-order valence-electron chi connectivity index (χ4n) is 2.42. The van der Waals surface area contributed by atoms with Gasteiger partial charge in [0, 0.05) is 31.2 Å². The fraction of sp³-hybridized carbons (Fsp3) is 0.538. The minimum atomic E-state index is -0.217. The Bertz CT molecular complexity index is 364. The van der Waals surface area contributed by atoms with Crippen molar-refractivity contribution in [2.75, 3.05) is 19.6 Å². The second kappa shape index (κ2) is 5.58. The standard InChI is InChI=1S/C13H19FN2O/c14-12-4-2-1-3-11(12)13(9-15)16-7-5-10(17)6-8-16/h1-4,10,13,17H,5-9,15H2. The van der Waals surface area contributed by atoms with Crippen molar-refractivity contribution >= 4 is 0 Å². The fourth-order valence-corrected chi connectivity index (χ4v) is 2.42. The topological polar surface area (TPSA) is 49.5 Å². The maximum Gasteiger partial charge on any atom is 0.128 e. The molecular formula is C13H19FN2O. The van der Waals surface area contributed by atoms with Gasteiger partial charge in [0.15, 0.2) is 0 Å². The van der Waals surface area contributed by atoms with Gasteiger partial charge in [-0.15, -0.1) is 0 Å². The molecule has 3 nitrogen and oxygen atoms in total. The number of aliphatic hydroxyl groups is 1. The molecule has 1 unspecified atom stereocenters. The average Bonchev–Trinajstić information content (AvgIpc) is 2.35. The number of nitrogens with zero attached hydrogens (tertiary/aromatic N) is 1. The zero-order valence-electron chi connectivity index (χ0n) is 9.85. The molecule has 1 saturated heterocycles. The summed E-state index contributed by atoms with van der Waals surface area (Å²) in [5, 5.41) is 9.47. The Morgan fingerprint density at radius 3 is 2.59 bits per heavy atom. The van der Waals surface area contributed by atoms with E-state index < -0.39 is 0 Å². The van der Waals surface area contributed by atoms with Crippen LogP contribution in [0.3, 0.4) is 0 Å². The number of likely N-dealkylation sites (tertiary alicyclic amines) is 1. The Kier molecular flexibility index (Phi) is 4.10. The second-order valence-electron chi connectivity index (χ2n) is 4.54. The summed E-state index contributed by atoms with van der Waals surface area (Å²) in [6.45, 7) is 1.95. The molecule has 0 bridgehead atoms. The van der Waals surface area contributed by atoms with Gasteiger partial charge in [-0.2, -0.15) is 0 Å². The van der Waals surface area contributed by atoms with Crippen LogP contribution in [0, 0.1) is 5.82 Å². The van der Waals surface area contributed by atoms with Crippen LogP contribution >= 0.6 is 0 Å². The smallest absolute Gasteiger partial charge is 0.128 e. The van der Waals surface area contributed by atoms with Gasteiger partial charge in [0.05, 0.1) is 6.10 Å². The zero-order chi connectivity index (χ0) is 12.3. The Balaban J connectivity index is 2.14. The summed E-state index contributed by atoms with van der Waals surface area (Å²) in [7, 11) is 0. The Hall–Kier alpha value is -0.970. The van der Waals surface area contributed by atoms with Gasteiger partial charge in [-0.1, -0.05) is 18.2 Å². The number of hydrogen-bond acceptors (Lipinski definition) is 3. The third-order valence-corrected chi connectivity index (χ3v) is 3.43. The molecule has 4 heteroatoms. The summed E-state index contributed by atoms with van der Waals surface area (Å²) in [6, 6.07) is 6.70. The molecule has 0 spiro atoms. The number of piperidine rings is 1. The predicted molar refractivity (Wildman–Crippen MR) is 65.0 cm³/mol. The number of aliphatic hydroxyl groups excluding tert-OH is 1. The molecule has 1 atom stereocenters. The third kappa shape index (κ3) is 2.83. The molecule has 1 heterocycles. The largest absolute Gasteiger partial charge is 0.393 e. The Labute approximate surface area is 101 Å². The molecule has 17 heavy (non-hydrogen) atoms. The highest BCUT2D eigenvalue weighted by atomic mass is 19.1. The zero-order valence-corrected chi connectivity index (χ0v) is 9.85. The maximum absolute atomic E-state index is 13.7. The lowest BCUT2D eigenvalue weighted by Crippen LogP contribution is -2.41. The van der Waals surface area contributed by atoms with Crippen molar-refractivity contribution in [2.45, 2.75) is 25.0 Å². The van der Waals surface area contributed by atoms with E-state index >= 15 is 0 Å². The average molecular weight is 238 g/mol. The molecule has 0 amide bonds. The van der Waals surface area contributed by atoms with E-state index in [-0.39, 0.29) is 18.0 Å². The van der Waals surface area contributed by atoms with E-state index in [4.69, 9.17) is 5.73 Å². The molecule has 1 aromatic rings. The monoisotopic (exact) mass is 238 g/mol. The highest BCUT2D eigenvalue weighted by Crippen LogP contribution is 2.25. The summed E-state index contributed by atoms with van der Waals surface area (Å²) >= 11 is 0. The van der Waals surface area contributed by atoms with Gasteiger partial charge < -0.3 is 10.8 Å². The lowest BCUT2D eigenvalue weighted by molar-refractivity contribution is 0.0614. The summed E-state index contributed by atoms with van der Waals surface area (Å²) in [5.41, 5.74) is 6.43. The molecule has 1 fully saturated rings. The third-order valence-electron chi connectivity index (χ3n) is 3.43. The normalized spacial score (nSPS) is 20.4. The highest BCUT2D eigenvalue weighted by molar-refractivity contribution is 5.21. The number of rotatable bonds is 3. The van der Waals surface area contributed by atoms with Crippen molar-refractivity contribution in [1.29, 1.82) is 0 Å². The molecule has 0 aromatic heterocycles. The molecule has 1 aliphatic rings. The molecule has 1 aromatic carbocycles. The van der Waals surface area contributed by atoms with Crippen LogP contribution in [0.5, 0.6) is 0 Å². The van der Waals surface area contributed by atoms with Gasteiger partial charge in [-0.25, -0.2) is 4.39 Å². The van der Waals surface area contributed by atoms with Gasteiger partial charge in [0.2, 0.25) is 0 Å². The van der Waals surface area contributed by atoms with E-state index in [1.54, 1.807) is 12.1 Å². The predicted octanol–water partition coefficient (Wildman–Crippen LogP) is 1.28. The van der Waals surface area contributed by atoms with Crippen LogP contribution in [-0.4, -0.2) is 35.7 Å². The van der Waals surface area contributed by atoms with Crippen molar-refractivity contribution in [3.8, 4) is 0 Å². The van der Waals surface area contributed by atoms with Crippen LogP contribution in [0.15, 0.2) is 24.3 Å². The van der Waals surface area contributed by atoms with Crippen molar-refractivity contribution in [3.63, 3.8) is 0 Å². The van der Waals surface area contributed by atoms with Crippen molar-refractivity contribution < 1.29 is 9.50 Å². The van der Waals surface area contributed by atoms with Crippen LogP contribution in [0.1, 0.15) is 24.4 Å². The maximum atomic E-state index is 13.7. The van der Waals surface area contributed by atoms with E-state index in [1.807, 2.05) is 6.07 Å². The summed E-state index contributed by atoms with van der Waals surface area (Å²) < 4.78 is 13.7. The van der Waals surface area contributed by atoms with Crippen LogP contribution in [-0.2, 0) is 0 Å². The first-order valence-corrected chi connectivity index (χ1v) is 6.09. The first-order valence-electron chi connectivity index (χ1n) is 6.09. The van der Waals surface area contributed by atoms with Crippen LogP contribution in [0.25, 0.3) is 0 Å². The molecule has 94 valence electrons. The van der Waals surface area contributed by atoms with Crippen LogP contribution in [0.2, 0.25) is 0 Å². The summed E-state index contributed by atoms with van der Waals surface area (Å²) in [4.78, 5) is 2.16. The van der Waals surface area contributed by atoms with Crippen molar-refractivity contribution in [2.24, 2.45) is 5.73 Å². The minimum absolute atomic E-state index is 0.0799. The molecule has 0 aliphatic carbocycles. The lowest BCUT2D eigenvalue weighted by atomic mass is 10.0. The summed E-state index contributed by atoms with van der Waals surface area (Å²) in [5.74, 6) is -0.200. The quantitative estimate of drug-likeness (QED) is 0.834. The second-order valence-corrected chi connectivity index (χ2v) is 4.54. The first-order chi connectivity index (χ1) is 8.22. The van der Waals surface area contributed by atoms with Crippen molar-refractivity contribution in [3.05, 3.63) is 35.6 Å². The lowest BCUT2D eigenvalue weighted by Gasteiger charge is -2.36. The number of benzene rings is 1. The van der Waals surface area contributed by atoms with Gasteiger partial charge in [-0.05, 0) is 18.9 Å². The van der Waals surface area contributed by atoms with Gasteiger partial charge in [0.25, 0.3) is 0 Å². The molecule has 2 rings (SSSR count). The Morgan fingerprint density at radius 1 is 1.35 bits per heavy atom. The molecule has 3 N–H and O–H groups in total. The van der Waals surface area contributed by atoms with E-state index in [0.717, 1.165) is 25.9 Å². The SMILES string of the molecule is NCC(c1ccccc1F)N1CCC(O)CC1. The number of nitrogens with two attached hydrogens (primary N) is 1. The molecule has 0 saturated carbocycles. The summed E-state index contributed by atoms with van der Waals surface area (Å²) in [6.07, 6.45) is 1.26. The number of halogens is 1. The van der Waals surface area contributed by atoms with Crippen LogP contribution < -0.4 is 5.73 Å². The van der Waals surface area contributed by atoms with E-state index in [2.05, 4.69) is 4.90 Å². The van der Waals surface area contributed by atoms with Gasteiger partial charge >= 0.3 is 0 Å². The van der Waals surface area contributed by atoms with E-state index in [0.29, 0.717) is 12.1 Å².